The summed E-state index contributed by atoms with van der Waals surface area (Å²) in [7, 11) is 2.29. The van der Waals surface area contributed by atoms with Crippen molar-refractivity contribution in [3.05, 3.63) is 65.2 Å². The first kappa shape index (κ1) is 39.4. The normalized spacial score (nSPS) is 13.0. The number of carbonyl (C=O) groups is 2. The molecule has 0 bridgehead atoms. The minimum atomic E-state index is -3.51. The van der Waals surface area contributed by atoms with Crippen LogP contribution in [0.25, 0.3) is 11.1 Å². The Balaban J connectivity index is 0.00000968. The third-order valence-electron chi connectivity index (χ3n) is 7.08. The number of quaternary nitrogens is 1. The number of hydrogen-bond donors (Lipinski definition) is 0. The summed E-state index contributed by atoms with van der Waals surface area (Å²) in [4.78, 5) is 26.9. The number of carbonyl (C=O) groups excluding carboxylic acids is 2. The topological polar surface area (TPSA) is 86.7 Å². The fourth-order valence-electron chi connectivity index (χ4n) is 4.56. The number of likely N-dealkylation sites (N-methyl/N-ethyl adjacent to an activating group) is 1. The van der Waals surface area contributed by atoms with Crippen molar-refractivity contribution >= 4 is 32.9 Å². The Morgan fingerprint density at radius 2 is 1.48 bits per heavy atom. The number of esters is 2. The van der Waals surface area contributed by atoms with Crippen molar-refractivity contribution in [2.45, 2.75) is 63.7 Å². The van der Waals surface area contributed by atoms with Crippen LogP contribution in [0.1, 0.15) is 69.9 Å². The highest BCUT2D eigenvalue weighted by Crippen LogP contribution is 2.31. The van der Waals surface area contributed by atoms with Gasteiger partial charge in [-0.3, -0.25) is 4.79 Å². The van der Waals surface area contributed by atoms with Crippen molar-refractivity contribution in [2.24, 2.45) is 5.92 Å². The molecule has 2 rings (SSSR count). The van der Waals surface area contributed by atoms with Crippen LogP contribution in [0.5, 0.6) is 0 Å². The molecule has 0 spiro atoms. The van der Waals surface area contributed by atoms with E-state index >= 15 is 0 Å². The zero-order valence-corrected chi connectivity index (χ0v) is 29.0. The molecule has 0 amide bonds. The lowest BCUT2D eigenvalue weighted by atomic mass is 9.94. The lowest BCUT2D eigenvalue weighted by Gasteiger charge is -2.24. The number of rotatable bonds is 17. The van der Waals surface area contributed by atoms with Gasteiger partial charge >= 0.3 is 11.9 Å². The molecule has 0 heterocycles. The van der Waals surface area contributed by atoms with Crippen molar-refractivity contribution in [3.63, 3.8) is 0 Å². The summed E-state index contributed by atoms with van der Waals surface area (Å²) in [5, 5.41) is 0. The van der Waals surface area contributed by atoms with Crippen LogP contribution < -0.4 is 17.0 Å². The molecule has 0 fully saturated rings. The first-order valence-electron chi connectivity index (χ1n) is 14.8. The first-order valence-corrected chi connectivity index (χ1v) is 16.7. The summed E-state index contributed by atoms with van der Waals surface area (Å²) in [6.07, 6.45) is 7.26. The summed E-state index contributed by atoms with van der Waals surface area (Å²) in [5.74, 6) is -3.78. The molecule has 0 N–H and O–H groups in total. The van der Waals surface area contributed by atoms with Gasteiger partial charge in [0.25, 0.3) is 0 Å². The fourth-order valence-corrected chi connectivity index (χ4v) is 5.19. The standard InChI is InChI=1S/C33H46F2NO6S.BrH/c1-7-9-10-11-13-25(12-8-2)32(37)42-23-28(24-14-17-27(18-15-24)43(6,39)40)31(26-16-19-29(34)30(35)22-26)33(38)41-21-20-36(3,4)5;/h14-19,22,25H,7-13,20-21,23H2,1-6H3;1H/q+1;/p-1/t25-;/m1./s1. The molecule has 11 heteroatoms. The van der Waals surface area contributed by atoms with E-state index in [-0.39, 0.29) is 57.7 Å². The molecule has 0 aliphatic rings. The van der Waals surface area contributed by atoms with Crippen LogP contribution in [-0.4, -0.2) is 72.0 Å². The van der Waals surface area contributed by atoms with E-state index < -0.39 is 33.4 Å². The second-order valence-electron chi connectivity index (χ2n) is 11.9. The highest BCUT2D eigenvalue weighted by molar-refractivity contribution is 7.90. The van der Waals surface area contributed by atoms with E-state index in [1.807, 2.05) is 28.1 Å². The van der Waals surface area contributed by atoms with Gasteiger partial charge < -0.3 is 30.9 Å². The lowest BCUT2D eigenvalue weighted by molar-refractivity contribution is -0.870. The van der Waals surface area contributed by atoms with Crippen molar-refractivity contribution in [1.82, 2.24) is 0 Å². The molecule has 0 saturated heterocycles. The van der Waals surface area contributed by atoms with E-state index in [2.05, 4.69) is 6.92 Å². The van der Waals surface area contributed by atoms with Gasteiger partial charge in [0.2, 0.25) is 0 Å². The Morgan fingerprint density at radius 3 is 2.02 bits per heavy atom. The van der Waals surface area contributed by atoms with Crippen LogP contribution >= 0.6 is 0 Å². The molecule has 2 aromatic rings. The Morgan fingerprint density at radius 1 is 0.841 bits per heavy atom. The van der Waals surface area contributed by atoms with E-state index in [1.54, 1.807) is 0 Å². The number of benzene rings is 2. The van der Waals surface area contributed by atoms with Gasteiger partial charge in [-0.1, -0.05) is 64.2 Å². The SMILES string of the molecule is CCCCCC[C@@H](CCC)C(=O)OCC(=C(C(=O)OCC[N+](C)(C)C)c1ccc(F)c(F)c1)c1ccc(S(C)(=O)=O)cc1.[Br-]. The van der Waals surface area contributed by atoms with Crippen molar-refractivity contribution in [2.75, 3.05) is 47.2 Å². The predicted octanol–water partition coefficient (Wildman–Crippen LogP) is 3.46. The molecule has 1 atom stereocenters. The molecule has 0 unspecified atom stereocenters. The fraction of sp³-hybridized carbons (Fsp3) is 0.515. The maximum Gasteiger partial charge on any atom is 0.339 e. The average Bonchev–Trinajstić information content (AvgIpc) is 2.93. The van der Waals surface area contributed by atoms with Crippen LogP contribution in [-0.2, 0) is 28.9 Å². The Hall–Kier alpha value is -2.63. The van der Waals surface area contributed by atoms with E-state index in [0.29, 0.717) is 29.4 Å². The average molecular weight is 703 g/mol. The molecular formula is C33H46BrF2NO6S. The number of halogens is 3. The Kier molecular flexibility index (Phi) is 16.4. The lowest BCUT2D eigenvalue weighted by Crippen LogP contribution is -3.00. The van der Waals surface area contributed by atoms with Crippen molar-refractivity contribution < 1.29 is 57.7 Å². The molecule has 2 aromatic carbocycles. The van der Waals surface area contributed by atoms with Crippen LogP contribution in [0.15, 0.2) is 47.4 Å². The predicted molar refractivity (Wildman–Crippen MR) is 165 cm³/mol. The van der Waals surface area contributed by atoms with Gasteiger partial charge in [0.05, 0.1) is 37.5 Å². The second-order valence-corrected chi connectivity index (χ2v) is 13.9. The maximum atomic E-state index is 14.4. The van der Waals surface area contributed by atoms with Gasteiger partial charge in [0, 0.05) is 11.8 Å². The van der Waals surface area contributed by atoms with E-state index in [0.717, 1.165) is 50.5 Å². The molecule has 0 saturated carbocycles. The minimum absolute atomic E-state index is 0. The monoisotopic (exact) mass is 701 g/mol. The minimum Gasteiger partial charge on any atom is -1.00 e. The molecule has 0 aromatic heterocycles. The van der Waals surface area contributed by atoms with Crippen LogP contribution in [0.2, 0.25) is 0 Å². The molecule has 0 aliphatic carbocycles. The highest BCUT2D eigenvalue weighted by Gasteiger charge is 2.26. The van der Waals surface area contributed by atoms with Gasteiger partial charge in [0.15, 0.2) is 21.5 Å². The Labute approximate surface area is 271 Å². The zero-order valence-electron chi connectivity index (χ0n) is 26.6. The number of sulfone groups is 1. The van der Waals surface area contributed by atoms with Gasteiger partial charge in [-0.15, -0.1) is 0 Å². The van der Waals surface area contributed by atoms with E-state index in [1.165, 1.54) is 30.3 Å². The summed E-state index contributed by atoms with van der Waals surface area (Å²) in [6, 6.07) is 8.81. The summed E-state index contributed by atoms with van der Waals surface area (Å²) < 4.78 is 64.4. The van der Waals surface area contributed by atoms with Gasteiger partial charge in [-0.25, -0.2) is 22.0 Å². The maximum absolute atomic E-state index is 14.4. The summed E-state index contributed by atoms with van der Waals surface area (Å²) >= 11 is 0. The van der Waals surface area contributed by atoms with Gasteiger partial charge in [-0.05, 0) is 48.2 Å². The molecule has 7 nitrogen and oxygen atoms in total. The summed E-state index contributed by atoms with van der Waals surface area (Å²) in [6.45, 7) is 4.29. The Bertz CT molecular complexity index is 1370. The van der Waals surface area contributed by atoms with Crippen molar-refractivity contribution in [1.29, 1.82) is 0 Å². The van der Waals surface area contributed by atoms with Crippen LogP contribution in [0.3, 0.4) is 0 Å². The third kappa shape index (κ3) is 12.8. The van der Waals surface area contributed by atoms with Gasteiger partial charge in [0.1, 0.15) is 19.8 Å². The summed E-state index contributed by atoms with van der Waals surface area (Å²) in [5.41, 5.74) is 0.502. The molecule has 246 valence electrons. The largest absolute Gasteiger partial charge is 1.00 e. The zero-order chi connectivity index (χ0) is 32.2. The number of nitrogens with zero attached hydrogens (tertiary/aromatic N) is 1. The third-order valence-corrected chi connectivity index (χ3v) is 8.20. The molecule has 0 aliphatic heterocycles. The van der Waals surface area contributed by atoms with E-state index in [9.17, 15) is 26.8 Å². The molecular weight excluding hydrogens is 656 g/mol. The number of unbranched alkanes of at least 4 members (excludes halogenated alkanes) is 3. The highest BCUT2D eigenvalue weighted by atomic mass is 79.9. The number of ether oxygens (including phenoxy) is 2. The molecule has 0 radical (unpaired) electrons. The first-order chi connectivity index (χ1) is 20.2. The van der Waals surface area contributed by atoms with Gasteiger partial charge in [-0.2, -0.15) is 0 Å². The van der Waals surface area contributed by atoms with E-state index in [4.69, 9.17) is 9.47 Å². The molecule has 44 heavy (non-hydrogen) atoms. The van der Waals surface area contributed by atoms with Crippen LogP contribution in [0.4, 0.5) is 8.78 Å². The second kappa shape index (κ2) is 18.4. The van der Waals surface area contributed by atoms with Crippen LogP contribution in [0, 0.1) is 17.6 Å². The smallest absolute Gasteiger partial charge is 0.339 e. The quantitative estimate of drug-likeness (QED) is 0.0826. The number of hydrogen-bond acceptors (Lipinski definition) is 6. The van der Waals surface area contributed by atoms with Crippen molar-refractivity contribution in [3.8, 4) is 0 Å².